The first-order chi connectivity index (χ1) is 8.58. The van der Waals surface area contributed by atoms with Gasteiger partial charge in [-0.3, -0.25) is 0 Å². The van der Waals surface area contributed by atoms with E-state index in [2.05, 4.69) is 16.8 Å². The standard InChI is InChI=1S/C13H13Cl2NS2/c1-8(16)13(9-4-5-17-7-9)18-12-6-10(14)2-3-11(12)15/h2-8,13H,16H2,1H3. The van der Waals surface area contributed by atoms with Gasteiger partial charge in [-0.2, -0.15) is 11.3 Å². The number of rotatable bonds is 4. The fourth-order valence-electron chi connectivity index (χ4n) is 1.62. The Morgan fingerprint density at radius 1 is 1.28 bits per heavy atom. The number of benzene rings is 1. The molecule has 2 aromatic rings. The molecule has 96 valence electrons. The molecule has 5 heteroatoms. The van der Waals surface area contributed by atoms with Crippen LogP contribution in [0.1, 0.15) is 17.7 Å². The first-order valence-corrected chi connectivity index (χ1v) is 8.05. The van der Waals surface area contributed by atoms with Crippen molar-refractivity contribution in [3.8, 4) is 0 Å². The molecule has 2 N–H and O–H groups in total. The summed E-state index contributed by atoms with van der Waals surface area (Å²) < 4.78 is 0. The van der Waals surface area contributed by atoms with Gasteiger partial charge in [-0.25, -0.2) is 0 Å². The van der Waals surface area contributed by atoms with Crippen molar-refractivity contribution in [3.63, 3.8) is 0 Å². The minimum Gasteiger partial charge on any atom is -0.327 e. The molecule has 0 aliphatic heterocycles. The zero-order valence-electron chi connectivity index (χ0n) is 9.77. The van der Waals surface area contributed by atoms with Crippen LogP contribution in [0.2, 0.25) is 10.0 Å². The topological polar surface area (TPSA) is 26.0 Å². The van der Waals surface area contributed by atoms with E-state index < -0.39 is 0 Å². The third kappa shape index (κ3) is 3.43. The Hall–Kier alpha value is -0.190. The molecule has 0 aliphatic carbocycles. The summed E-state index contributed by atoms with van der Waals surface area (Å²) >= 11 is 15.5. The van der Waals surface area contributed by atoms with Crippen LogP contribution in [0.5, 0.6) is 0 Å². The van der Waals surface area contributed by atoms with E-state index >= 15 is 0 Å². The quantitative estimate of drug-likeness (QED) is 0.781. The van der Waals surface area contributed by atoms with Gasteiger partial charge < -0.3 is 5.73 Å². The first kappa shape index (κ1) is 14.2. The van der Waals surface area contributed by atoms with E-state index in [1.165, 1.54) is 5.56 Å². The van der Waals surface area contributed by atoms with Gasteiger partial charge in [-0.1, -0.05) is 23.2 Å². The van der Waals surface area contributed by atoms with Gasteiger partial charge in [-0.15, -0.1) is 11.8 Å². The first-order valence-electron chi connectivity index (χ1n) is 5.47. The molecular weight excluding hydrogens is 305 g/mol. The molecule has 1 nitrogen and oxygen atoms in total. The third-order valence-corrected chi connectivity index (χ3v) is 5.42. The van der Waals surface area contributed by atoms with Crippen molar-refractivity contribution < 1.29 is 0 Å². The largest absolute Gasteiger partial charge is 0.327 e. The Bertz CT molecular complexity index is 512. The molecule has 0 bridgehead atoms. The molecule has 0 amide bonds. The van der Waals surface area contributed by atoms with E-state index in [0.717, 1.165) is 4.90 Å². The normalized spacial score (nSPS) is 14.4. The fraction of sp³-hybridized carbons (Fsp3) is 0.231. The van der Waals surface area contributed by atoms with Crippen molar-refractivity contribution in [1.82, 2.24) is 0 Å². The number of thioether (sulfide) groups is 1. The van der Waals surface area contributed by atoms with Crippen LogP contribution in [0, 0.1) is 0 Å². The maximum absolute atomic E-state index is 6.19. The molecule has 2 atom stereocenters. The Kier molecular flexibility index (Phi) is 4.98. The zero-order valence-corrected chi connectivity index (χ0v) is 12.9. The second kappa shape index (κ2) is 6.31. The summed E-state index contributed by atoms with van der Waals surface area (Å²) in [5, 5.41) is 5.78. The number of nitrogens with two attached hydrogens (primary N) is 1. The van der Waals surface area contributed by atoms with Gasteiger partial charge >= 0.3 is 0 Å². The van der Waals surface area contributed by atoms with Crippen molar-refractivity contribution in [2.45, 2.75) is 23.1 Å². The molecule has 0 radical (unpaired) electrons. The maximum atomic E-state index is 6.19. The lowest BCUT2D eigenvalue weighted by Gasteiger charge is -2.20. The molecule has 0 saturated heterocycles. The summed E-state index contributed by atoms with van der Waals surface area (Å²) in [4.78, 5) is 0.970. The molecule has 0 aliphatic rings. The van der Waals surface area contributed by atoms with Gasteiger partial charge in [0.1, 0.15) is 0 Å². The van der Waals surface area contributed by atoms with Gasteiger partial charge in [0.15, 0.2) is 0 Å². The molecule has 1 aromatic carbocycles. The molecule has 1 aromatic heterocycles. The molecule has 0 fully saturated rings. The molecule has 2 unspecified atom stereocenters. The summed E-state index contributed by atoms with van der Waals surface area (Å²) in [6.45, 7) is 2.01. The fourth-order valence-corrected chi connectivity index (χ4v) is 4.04. The monoisotopic (exact) mass is 317 g/mol. The van der Waals surface area contributed by atoms with Crippen LogP contribution in [0.4, 0.5) is 0 Å². The lowest BCUT2D eigenvalue weighted by molar-refractivity contribution is 0.723. The van der Waals surface area contributed by atoms with Crippen LogP contribution in [-0.4, -0.2) is 6.04 Å². The highest BCUT2D eigenvalue weighted by Gasteiger charge is 2.19. The van der Waals surface area contributed by atoms with Crippen LogP contribution in [0.3, 0.4) is 0 Å². The maximum Gasteiger partial charge on any atom is 0.0543 e. The molecule has 1 heterocycles. The van der Waals surface area contributed by atoms with Crippen LogP contribution < -0.4 is 5.73 Å². The van der Waals surface area contributed by atoms with Gasteiger partial charge in [-0.05, 0) is 47.5 Å². The predicted molar refractivity (Wildman–Crippen MR) is 83.0 cm³/mol. The molecule has 0 spiro atoms. The second-order valence-corrected chi connectivity index (χ2v) is 6.84. The van der Waals surface area contributed by atoms with Crippen LogP contribution in [0.25, 0.3) is 0 Å². The molecular formula is C13H13Cl2NS2. The summed E-state index contributed by atoms with van der Waals surface area (Å²) in [6.07, 6.45) is 0. The third-order valence-electron chi connectivity index (χ3n) is 2.50. The molecule has 2 rings (SSSR count). The SMILES string of the molecule is CC(N)C(Sc1cc(Cl)ccc1Cl)c1ccsc1. The highest BCUT2D eigenvalue weighted by Crippen LogP contribution is 2.41. The van der Waals surface area contributed by atoms with Crippen LogP contribution in [-0.2, 0) is 0 Å². The molecule has 0 saturated carbocycles. The van der Waals surface area contributed by atoms with E-state index in [9.17, 15) is 0 Å². The average molecular weight is 318 g/mol. The van der Waals surface area contributed by atoms with Gasteiger partial charge in [0.05, 0.1) is 10.3 Å². The second-order valence-electron chi connectivity index (χ2n) is 4.03. The van der Waals surface area contributed by atoms with Crippen molar-refractivity contribution in [3.05, 3.63) is 50.6 Å². The Labute approximate surface area is 125 Å². The number of thiophene rings is 1. The van der Waals surface area contributed by atoms with Gasteiger partial charge in [0.2, 0.25) is 0 Å². The van der Waals surface area contributed by atoms with E-state index in [0.29, 0.717) is 10.0 Å². The Morgan fingerprint density at radius 3 is 2.67 bits per heavy atom. The highest BCUT2D eigenvalue weighted by atomic mass is 35.5. The number of hydrogen-bond acceptors (Lipinski definition) is 3. The van der Waals surface area contributed by atoms with Crippen molar-refractivity contribution >= 4 is 46.3 Å². The van der Waals surface area contributed by atoms with Gasteiger partial charge in [0.25, 0.3) is 0 Å². The lowest BCUT2D eigenvalue weighted by atomic mass is 10.1. The zero-order chi connectivity index (χ0) is 13.1. The summed E-state index contributed by atoms with van der Waals surface area (Å²) in [5.74, 6) is 0. The minimum atomic E-state index is 0.0413. The van der Waals surface area contributed by atoms with E-state index in [4.69, 9.17) is 28.9 Å². The average Bonchev–Trinajstić information content (AvgIpc) is 2.83. The van der Waals surface area contributed by atoms with Crippen LogP contribution in [0.15, 0.2) is 39.9 Å². The van der Waals surface area contributed by atoms with Crippen molar-refractivity contribution in [1.29, 1.82) is 0 Å². The smallest absolute Gasteiger partial charge is 0.0543 e. The highest BCUT2D eigenvalue weighted by molar-refractivity contribution is 7.99. The van der Waals surface area contributed by atoms with Crippen molar-refractivity contribution in [2.75, 3.05) is 0 Å². The summed E-state index contributed by atoms with van der Waals surface area (Å²) in [7, 11) is 0. The predicted octanol–water partition coefficient (Wildman–Crippen LogP) is 5.24. The summed E-state index contributed by atoms with van der Waals surface area (Å²) in [6, 6.07) is 7.64. The lowest BCUT2D eigenvalue weighted by Crippen LogP contribution is -2.22. The van der Waals surface area contributed by atoms with E-state index in [1.807, 2.05) is 19.1 Å². The van der Waals surface area contributed by atoms with Gasteiger partial charge in [0, 0.05) is 16.0 Å². The van der Waals surface area contributed by atoms with E-state index in [-0.39, 0.29) is 11.3 Å². The van der Waals surface area contributed by atoms with Crippen LogP contribution >= 0.6 is 46.3 Å². The Balaban J connectivity index is 2.27. The van der Waals surface area contributed by atoms with E-state index in [1.54, 1.807) is 29.2 Å². The number of halogens is 2. The Morgan fingerprint density at radius 2 is 2.06 bits per heavy atom. The number of hydrogen-bond donors (Lipinski definition) is 1. The summed E-state index contributed by atoms with van der Waals surface area (Å²) in [5.41, 5.74) is 7.30. The molecule has 18 heavy (non-hydrogen) atoms. The van der Waals surface area contributed by atoms with Crippen molar-refractivity contribution in [2.24, 2.45) is 5.73 Å². The minimum absolute atomic E-state index is 0.0413.